The van der Waals surface area contributed by atoms with Gasteiger partial charge in [0.2, 0.25) is 0 Å². The second kappa shape index (κ2) is 32.8. The van der Waals surface area contributed by atoms with Crippen LogP contribution < -0.4 is 0 Å². The van der Waals surface area contributed by atoms with Gasteiger partial charge in [0.1, 0.15) is 15.5 Å². The maximum absolute atomic E-state index is 11.2. The van der Waals surface area contributed by atoms with Crippen LogP contribution in [-0.2, 0) is 88.9 Å². The molecular formula is C66H70NO25S6Si3. The van der Waals surface area contributed by atoms with E-state index in [1.807, 2.05) is 42.5 Å². The van der Waals surface area contributed by atoms with Crippen LogP contribution in [0.4, 0.5) is 0 Å². The second-order valence-electron chi connectivity index (χ2n) is 24.8. The van der Waals surface area contributed by atoms with Crippen molar-refractivity contribution in [3.63, 3.8) is 0 Å². The number of nitrogens with zero attached hydrogens (tertiary/aromatic N) is 1. The molecule has 101 heavy (non-hydrogen) atoms. The highest BCUT2D eigenvalue weighted by molar-refractivity contribution is 7.87. The van der Waals surface area contributed by atoms with Crippen LogP contribution in [0.5, 0.6) is 5.75 Å². The summed E-state index contributed by atoms with van der Waals surface area (Å²) in [6.45, 7) is 23.4. The molecule has 0 bridgehead atoms. The molecule has 3 aliphatic heterocycles. The molecule has 0 amide bonds. The third kappa shape index (κ3) is 24.2. The van der Waals surface area contributed by atoms with Gasteiger partial charge in [-0.05, 0) is 106 Å². The SMILES string of the molecule is CC(C)(C)C1=CC(c2ccc(C(C)(C)C)cc2)=[O+][Si-]O1.CC(C)(C)c1ccc(C2=CC(c3ccccc3)=[O+][Si-]O2)cc1.CC1=NC(C)=[O+][Si-]O1.O=S(=O)(O)c1cc(O)c2cc(S(=O)(=O)O)ccc2c1.O=S(=O)(O)c1ccc(S(=O)(=O)O)cc1.O=S(=O)(O)c1cccc2c(S(=O)(=O)O)cccc12. The van der Waals surface area contributed by atoms with Crippen molar-refractivity contribution in [2.24, 2.45) is 10.4 Å². The molecule has 8 aromatic rings. The maximum atomic E-state index is 11.2. The molecule has 0 saturated heterocycles. The first-order chi connectivity index (χ1) is 46.5. The molecule has 35 heteroatoms. The normalized spacial score (nSPS) is 14.1. The van der Waals surface area contributed by atoms with Crippen LogP contribution in [0.2, 0.25) is 0 Å². The number of phenols is 1. The first kappa shape index (κ1) is 81.7. The molecule has 3 radical (unpaired) electrons. The molecule has 11 rings (SSSR count). The maximum Gasteiger partial charge on any atom is 0.426 e. The number of aliphatic imine (C=N–C) groups is 1. The Balaban J connectivity index is 0.000000194. The number of hydrogen-bond donors (Lipinski definition) is 7. The molecule has 0 aliphatic carbocycles. The van der Waals surface area contributed by atoms with Crippen LogP contribution >= 0.6 is 0 Å². The summed E-state index contributed by atoms with van der Waals surface area (Å²) in [5, 5.41) is 9.92. The summed E-state index contributed by atoms with van der Waals surface area (Å²) >= 11 is 0. The number of allylic oxidation sites excluding steroid dienone is 3. The Kier molecular flexibility index (Phi) is 26.5. The predicted molar refractivity (Wildman–Crippen MR) is 380 cm³/mol. The van der Waals surface area contributed by atoms with E-state index >= 15 is 0 Å². The van der Waals surface area contributed by atoms with Gasteiger partial charge in [-0.2, -0.15) is 50.5 Å². The summed E-state index contributed by atoms with van der Waals surface area (Å²) in [6, 6.07) is 43.4. The van der Waals surface area contributed by atoms with E-state index in [2.05, 4.69) is 116 Å². The highest BCUT2D eigenvalue weighted by Crippen LogP contribution is 2.33. The fourth-order valence-corrected chi connectivity index (χ4v) is 13.9. The van der Waals surface area contributed by atoms with Crippen molar-refractivity contribution >= 4 is 141 Å². The summed E-state index contributed by atoms with van der Waals surface area (Å²) in [6.07, 6.45) is 3.99. The Morgan fingerprint density at radius 3 is 1.20 bits per heavy atom. The molecule has 3 heterocycles. The zero-order valence-electron chi connectivity index (χ0n) is 55.7. The third-order valence-electron chi connectivity index (χ3n) is 14.0. The van der Waals surface area contributed by atoms with E-state index in [0.29, 0.717) is 11.8 Å². The van der Waals surface area contributed by atoms with Crippen molar-refractivity contribution < 1.29 is 109 Å². The lowest BCUT2D eigenvalue weighted by molar-refractivity contribution is -0.304. The van der Waals surface area contributed by atoms with Crippen LogP contribution in [0.15, 0.2) is 222 Å². The molecule has 0 fully saturated rings. The van der Waals surface area contributed by atoms with E-state index in [0.717, 1.165) is 100 Å². The molecule has 3 aliphatic rings. The van der Waals surface area contributed by atoms with E-state index in [4.69, 9.17) is 52.9 Å². The molecule has 0 unspecified atom stereocenters. The fraction of sp³-hybridized carbons (Fsp3) is 0.212. The number of hydrogen-bond acceptors (Lipinski definition) is 17. The van der Waals surface area contributed by atoms with E-state index in [1.54, 1.807) is 13.8 Å². The highest BCUT2D eigenvalue weighted by atomic mass is 32.2. The molecule has 7 N–H and O–H groups in total. The van der Waals surface area contributed by atoms with Gasteiger partial charge in [0, 0.05) is 40.1 Å². The average Bonchev–Trinajstić information content (AvgIpc) is 0.781. The van der Waals surface area contributed by atoms with E-state index in [-0.39, 0.29) is 67.8 Å². The standard InChI is InChI=1S/C19H19O2Si.C17H23O2Si.C10H8O7S2.C10H8O6S2.C6H6O6S2.C4H6NO2Si/c1-19(2,3)16-11-9-15(10-12-16)18-13-17(20-22-21-18)14-7-5-4-6-8-14;1-16(2,3)13-9-7-12(8-10-13)14-11-15(17(4,5)6)19-20-18-14;11-10-5-8(19(15,16)17)3-6-1-2-7(4-9(6)10)18(12,13)14;11-17(12,13)9-5-1-3-7-8(9)4-2-6-10(7)18(14,15)16;7-13(8,9)5-1-2-6(4-3-5)14(10,11)12;1-3-5-4(2)7-8-6-3/h4-13H,1-3H3;7-11H,1-6H3;1-5,11H,(H,12,13,14)(H,15,16,17);1-6H,(H,11,12,13)(H,14,15,16);1-4H,(H,7,8,9)(H,10,11,12);1-2H3. The number of phenolic OH excluding ortho intramolecular Hbond substituents is 1. The van der Waals surface area contributed by atoms with Gasteiger partial charge in [-0.25, -0.2) is 0 Å². The predicted octanol–water partition coefficient (Wildman–Crippen LogP) is 11.1. The van der Waals surface area contributed by atoms with E-state index in [1.165, 1.54) is 41.5 Å². The van der Waals surface area contributed by atoms with Gasteiger partial charge < -0.3 is 30.7 Å². The Labute approximate surface area is 593 Å². The van der Waals surface area contributed by atoms with Gasteiger partial charge in [0.05, 0.1) is 61.3 Å². The van der Waals surface area contributed by atoms with Crippen LogP contribution in [0.1, 0.15) is 112 Å². The van der Waals surface area contributed by atoms with Crippen LogP contribution in [0.25, 0.3) is 27.3 Å². The lowest BCUT2D eigenvalue weighted by Gasteiger charge is -2.27. The van der Waals surface area contributed by atoms with Gasteiger partial charge in [-0.1, -0.05) is 147 Å². The van der Waals surface area contributed by atoms with Crippen LogP contribution in [-0.4, -0.2) is 136 Å². The van der Waals surface area contributed by atoms with Crippen molar-refractivity contribution in [1.82, 2.24) is 0 Å². The van der Waals surface area contributed by atoms with Crippen molar-refractivity contribution in [3.05, 3.63) is 216 Å². The van der Waals surface area contributed by atoms with Crippen LogP contribution in [0, 0.1) is 5.41 Å². The molecule has 0 atom stereocenters. The minimum atomic E-state index is -4.48. The van der Waals surface area contributed by atoms with Gasteiger partial charge in [0.25, 0.3) is 72.3 Å². The van der Waals surface area contributed by atoms with Crippen molar-refractivity contribution in [2.45, 2.75) is 116 Å². The lowest BCUT2D eigenvalue weighted by Crippen LogP contribution is -2.20. The first-order valence-electron chi connectivity index (χ1n) is 29.4. The van der Waals surface area contributed by atoms with E-state index in [9.17, 15) is 55.6 Å². The minimum absolute atomic E-state index is 0.00559. The topological polar surface area (TPSA) is 420 Å². The average molecular weight is 1550 g/mol. The van der Waals surface area contributed by atoms with Gasteiger partial charge in [-0.15, -0.1) is 4.99 Å². The van der Waals surface area contributed by atoms with Crippen LogP contribution in [0.3, 0.4) is 0 Å². The number of aromatic hydroxyl groups is 1. The summed E-state index contributed by atoms with van der Waals surface area (Å²) in [4.78, 5) is 1.22. The number of ketones is 2. The van der Waals surface area contributed by atoms with Gasteiger partial charge in [0.15, 0.2) is 5.90 Å². The lowest BCUT2D eigenvalue weighted by atomic mass is 9.86. The number of amides is 1. The zero-order chi connectivity index (χ0) is 75.5. The van der Waals surface area contributed by atoms with Crippen molar-refractivity contribution in [2.75, 3.05) is 0 Å². The molecule has 537 valence electrons. The van der Waals surface area contributed by atoms with Gasteiger partial charge >= 0.3 is 35.9 Å². The van der Waals surface area contributed by atoms with Crippen molar-refractivity contribution in [3.8, 4) is 5.75 Å². The summed E-state index contributed by atoms with van der Waals surface area (Å²) in [7, 11) is -26.4. The van der Waals surface area contributed by atoms with Gasteiger partial charge in [-0.3, -0.25) is 27.3 Å². The monoisotopic (exact) mass is 1550 g/mol. The largest absolute Gasteiger partial charge is 0.632 e. The molecule has 0 spiro atoms. The molecule has 0 saturated carbocycles. The Hall–Kier alpha value is -8.25. The Bertz CT molecular complexity index is 5160. The number of carbonyl (C=O) groups excluding carboxylic acids is 3. The summed E-state index contributed by atoms with van der Waals surface area (Å²) in [5.74, 6) is 4.45. The zero-order valence-corrected chi connectivity index (χ0v) is 63.6. The summed E-state index contributed by atoms with van der Waals surface area (Å²) < 4.78 is 216. The first-order valence-corrected chi connectivity index (χ1v) is 40.4. The number of fused-ring (bicyclic) bond motifs is 2. The number of benzene rings is 8. The number of rotatable bonds is 9. The minimum Gasteiger partial charge on any atom is -0.632 e. The summed E-state index contributed by atoms with van der Waals surface area (Å²) in [5.41, 5.74) is 6.25. The quantitative estimate of drug-likeness (QED) is 0.0401. The molecule has 0 aromatic heterocycles. The smallest absolute Gasteiger partial charge is 0.426 e. The fourth-order valence-electron chi connectivity index (χ4n) is 8.74. The Morgan fingerprint density at radius 2 is 0.792 bits per heavy atom. The third-order valence-corrected chi connectivity index (χ3v) is 21.2. The molecule has 8 aromatic carbocycles. The van der Waals surface area contributed by atoms with Crippen molar-refractivity contribution in [1.29, 1.82) is 0 Å². The highest BCUT2D eigenvalue weighted by Gasteiger charge is 2.26. The van der Waals surface area contributed by atoms with E-state index < -0.39 is 95.8 Å². The molecular weight excluding hydrogens is 1480 g/mol. The molecule has 26 nitrogen and oxygen atoms in total. The second-order valence-corrected chi connectivity index (χ2v) is 35.0. The Morgan fingerprint density at radius 1 is 0.376 bits per heavy atom.